The normalized spacial score (nSPS) is 27.7. The van der Waals surface area contributed by atoms with Crippen molar-refractivity contribution in [2.24, 2.45) is 5.92 Å². The molecule has 2 heterocycles. The van der Waals surface area contributed by atoms with E-state index in [0.717, 1.165) is 31.2 Å². The highest BCUT2D eigenvalue weighted by Crippen LogP contribution is 2.50. The number of unbranched alkanes of at least 4 members (excludes halogenated alkanes) is 3. The lowest BCUT2D eigenvalue weighted by Crippen LogP contribution is -2.67. The van der Waals surface area contributed by atoms with E-state index in [9.17, 15) is 24.9 Å². The Balaban J connectivity index is 1.46. The zero-order valence-electron chi connectivity index (χ0n) is 21.1. The molecular formula is C28H34N2O7. The third kappa shape index (κ3) is 4.51. The summed E-state index contributed by atoms with van der Waals surface area (Å²) < 4.78 is 10.8. The smallest absolute Gasteiger partial charge is 0.255 e. The monoisotopic (exact) mass is 510 g/mol. The first-order chi connectivity index (χ1) is 17.8. The van der Waals surface area contributed by atoms with Crippen molar-refractivity contribution >= 4 is 11.8 Å². The summed E-state index contributed by atoms with van der Waals surface area (Å²) in [6.07, 6.45) is 2.91. The molecule has 2 aromatic carbocycles. The summed E-state index contributed by atoms with van der Waals surface area (Å²) in [7, 11) is 0. The summed E-state index contributed by atoms with van der Waals surface area (Å²) >= 11 is 0. The number of aromatic hydroxyl groups is 1. The minimum Gasteiger partial charge on any atom is -0.504 e. The molecule has 0 bridgehead atoms. The first-order valence-electron chi connectivity index (χ1n) is 13.0. The summed E-state index contributed by atoms with van der Waals surface area (Å²) in [5.74, 6) is -1.99. The maximum atomic E-state index is 13.4. The summed E-state index contributed by atoms with van der Waals surface area (Å²) in [4.78, 5) is 26.4. The Morgan fingerprint density at radius 1 is 1.14 bits per heavy atom. The van der Waals surface area contributed by atoms with Gasteiger partial charge in [0.15, 0.2) is 11.5 Å². The Morgan fingerprint density at radius 3 is 2.73 bits per heavy atom. The van der Waals surface area contributed by atoms with Gasteiger partial charge in [0.1, 0.15) is 6.10 Å². The lowest BCUT2D eigenvalue weighted by atomic mass is 9.66. The number of nitrogens with one attached hydrogen (secondary N) is 2. The number of fused-ring (bicyclic) bond motifs is 4. The van der Waals surface area contributed by atoms with Crippen molar-refractivity contribution in [2.45, 2.75) is 76.2 Å². The molecule has 5 N–H and O–H groups in total. The molecular weight excluding hydrogens is 476 g/mol. The molecule has 0 saturated heterocycles. The molecule has 1 fully saturated rings. The first kappa shape index (κ1) is 25.4. The molecule has 0 radical (unpaired) electrons. The van der Waals surface area contributed by atoms with Gasteiger partial charge in [-0.2, -0.15) is 0 Å². The summed E-state index contributed by atoms with van der Waals surface area (Å²) in [5.41, 5.74) is 1.98. The number of aliphatic hydroxyl groups is 2. The number of phenolic OH excluding ortho intramolecular Hbond substituents is 1. The van der Waals surface area contributed by atoms with E-state index in [0.29, 0.717) is 16.9 Å². The highest BCUT2D eigenvalue weighted by Gasteiger charge is 2.53. The number of benzene rings is 2. The summed E-state index contributed by atoms with van der Waals surface area (Å²) in [5, 5.41) is 38.6. The average molecular weight is 511 g/mol. The predicted molar refractivity (Wildman–Crippen MR) is 135 cm³/mol. The molecule has 6 atom stereocenters. The number of aliphatic hydroxyl groups excluding tert-OH is 2. The van der Waals surface area contributed by atoms with Gasteiger partial charge in [0.05, 0.1) is 17.7 Å². The Hall–Kier alpha value is -3.30. The lowest BCUT2D eigenvalue weighted by molar-refractivity contribution is -0.0760. The van der Waals surface area contributed by atoms with Crippen LogP contribution in [0.1, 0.15) is 77.3 Å². The van der Waals surface area contributed by atoms with Gasteiger partial charge < -0.3 is 35.4 Å². The fourth-order valence-corrected chi connectivity index (χ4v) is 5.91. The zero-order valence-corrected chi connectivity index (χ0v) is 21.1. The topological polar surface area (TPSA) is 137 Å². The van der Waals surface area contributed by atoms with E-state index in [1.54, 1.807) is 19.1 Å². The highest BCUT2D eigenvalue weighted by atomic mass is 16.7. The van der Waals surface area contributed by atoms with E-state index in [4.69, 9.17) is 9.47 Å². The van der Waals surface area contributed by atoms with Crippen LogP contribution in [0.25, 0.3) is 0 Å². The van der Waals surface area contributed by atoms with Crippen LogP contribution in [-0.4, -0.2) is 58.2 Å². The summed E-state index contributed by atoms with van der Waals surface area (Å²) in [6.45, 7) is 3.82. The van der Waals surface area contributed by atoms with Gasteiger partial charge in [-0.05, 0) is 42.2 Å². The molecule has 1 saturated carbocycles. The maximum Gasteiger partial charge on any atom is 0.255 e. The third-order valence-electron chi connectivity index (χ3n) is 7.96. The molecule has 1 aliphatic carbocycles. The molecule has 2 aliphatic heterocycles. The van der Waals surface area contributed by atoms with E-state index in [1.807, 2.05) is 18.2 Å². The van der Waals surface area contributed by atoms with E-state index >= 15 is 0 Å². The van der Waals surface area contributed by atoms with Gasteiger partial charge in [0.2, 0.25) is 12.5 Å². The van der Waals surface area contributed by atoms with Gasteiger partial charge >= 0.3 is 0 Å². The third-order valence-corrected chi connectivity index (χ3v) is 7.96. The SMILES string of the molecule is CCCCCCc1cccc(C(=O)N[C@H]2[C@H](O)[C@@H](O)[C@@H](C)[C@@H]3NC(=O)c4c(cc5c(c4O)OCO5)[C@H]32)c1. The molecule has 3 aliphatic rings. The Kier molecular flexibility index (Phi) is 7.00. The number of aryl methyl sites for hydroxylation is 1. The van der Waals surface area contributed by atoms with Gasteiger partial charge in [-0.15, -0.1) is 0 Å². The van der Waals surface area contributed by atoms with Crippen molar-refractivity contribution in [1.29, 1.82) is 0 Å². The van der Waals surface area contributed by atoms with Crippen molar-refractivity contribution in [2.75, 3.05) is 6.79 Å². The van der Waals surface area contributed by atoms with Crippen molar-refractivity contribution < 1.29 is 34.4 Å². The van der Waals surface area contributed by atoms with E-state index in [1.165, 1.54) is 6.42 Å². The molecule has 5 rings (SSSR count). The van der Waals surface area contributed by atoms with Gasteiger partial charge in [0.25, 0.3) is 11.8 Å². The zero-order chi connectivity index (χ0) is 26.3. The number of hydrogen-bond donors (Lipinski definition) is 5. The number of carbonyl (C=O) groups is 2. The van der Waals surface area contributed by atoms with Gasteiger partial charge in [-0.1, -0.05) is 45.2 Å². The molecule has 0 aromatic heterocycles. The van der Waals surface area contributed by atoms with Crippen LogP contribution in [0.15, 0.2) is 30.3 Å². The molecule has 2 aromatic rings. The first-order valence-corrected chi connectivity index (χ1v) is 13.0. The Morgan fingerprint density at radius 2 is 1.95 bits per heavy atom. The van der Waals surface area contributed by atoms with Crippen molar-refractivity contribution in [1.82, 2.24) is 10.6 Å². The minimum atomic E-state index is -1.30. The van der Waals surface area contributed by atoms with Crippen molar-refractivity contribution in [3.8, 4) is 17.2 Å². The number of rotatable bonds is 7. The molecule has 0 unspecified atom stereocenters. The standard InChI is InChI=1S/C28H34N2O7/c1-3-4-5-6-8-15-9-7-10-16(11-15)27(34)30-22-19-17-12-18-26(37-13-36-18)24(32)20(17)28(35)29-21(19)14(2)23(31)25(22)33/h7,9-12,14,19,21-23,25,31-33H,3-6,8,13H2,1-2H3,(H,29,35)(H,30,34)/t14-,19+,21-,22+,23-,25-/m0/s1. The van der Waals surface area contributed by atoms with Gasteiger partial charge in [-0.3, -0.25) is 9.59 Å². The minimum absolute atomic E-state index is 0.0228. The van der Waals surface area contributed by atoms with Crippen LogP contribution < -0.4 is 20.1 Å². The molecule has 37 heavy (non-hydrogen) atoms. The van der Waals surface area contributed by atoms with Crippen LogP contribution in [-0.2, 0) is 6.42 Å². The number of ether oxygens (including phenoxy) is 2. The van der Waals surface area contributed by atoms with Gasteiger partial charge in [0, 0.05) is 23.4 Å². The molecule has 198 valence electrons. The van der Waals surface area contributed by atoms with Crippen LogP contribution in [0.2, 0.25) is 0 Å². The Labute approximate surface area is 215 Å². The maximum absolute atomic E-state index is 13.4. The lowest BCUT2D eigenvalue weighted by Gasteiger charge is -2.50. The second-order valence-corrected chi connectivity index (χ2v) is 10.3. The molecule has 9 nitrogen and oxygen atoms in total. The average Bonchev–Trinajstić information content (AvgIpc) is 3.37. The van der Waals surface area contributed by atoms with E-state index < -0.39 is 42.0 Å². The quantitative estimate of drug-likeness (QED) is 0.361. The number of carbonyl (C=O) groups excluding carboxylic acids is 2. The van der Waals surface area contributed by atoms with E-state index in [-0.39, 0.29) is 29.8 Å². The summed E-state index contributed by atoms with van der Waals surface area (Å²) in [6, 6.07) is 7.52. The van der Waals surface area contributed by atoms with Crippen molar-refractivity contribution in [3.05, 3.63) is 52.6 Å². The van der Waals surface area contributed by atoms with Crippen LogP contribution in [0.4, 0.5) is 0 Å². The number of amides is 2. The highest BCUT2D eigenvalue weighted by molar-refractivity contribution is 6.02. The second kappa shape index (κ2) is 10.2. The predicted octanol–water partition coefficient (Wildman–Crippen LogP) is 2.61. The van der Waals surface area contributed by atoms with Crippen LogP contribution in [0.3, 0.4) is 0 Å². The fourth-order valence-electron chi connectivity index (χ4n) is 5.91. The number of phenols is 1. The Bertz CT molecular complexity index is 1200. The fraction of sp³-hybridized carbons (Fsp3) is 0.500. The number of hydrogen-bond acceptors (Lipinski definition) is 7. The van der Waals surface area contributed by atoms with Crippen LogP contribution in [0.5, 0.6) is 17.2 Å². The molecule has 0 spiro atoms. The molecule has 9 heteroatoms. The van der Waals surface area contributed by atoms with Crippen molar-refractivity contribution in [3.63, 3.8) is 0 Å². The van der Waals surface area contributed by atoms with Crippen LogP contribution in [0, 0.1) is 5.92 Å². The second-order valence-electron chi connectivity index (χ2n) is 10.3. The molecule has 2 amide bonds. The van der Waals surface area contributed by atoms with E-state index in [2.05, 4.69) is 17.6 Å². The largest absolute Gasteiger partial charge is 0.504 e. The van der Waals surface area contributed by atoms with Gasteiger partial charge in [-0.25, -0.2) is 0 Å². The van der Waals surface area contributed by atoms with Crippen LogP contribution >= 0.6 is 0 Å².